The van der Waals surface area contributed by atoms with Crippen molar-refractivity contribution in [2.45, 2.75) is 39.5 Å². The third-order valence-corrected chi connectivity index (χ3v) is 4.56. The highest BCUT2D eigenvalue weighted by atomic mass is 14.9. The molecular weight excluding hydrogens is 244 g/mol. The Labute approximate surface area is 121 Å². The Hall–Kier alpha value is -1.57. The van der Waals surface area contributed by atoms with Crippen molar-refractivity contribution in [1.29, 1.82) is 0 Å². The molecular formula is C18H24N2. The van der Waals surface area contributed by atoms with Crippen LogP contribution in [0.15, 0.2) is 30.3 Å². The molecule has 106 valence electrons. The molecule has 0 amide bonds. The van der Waals surface area contributed by atoms with Crippen molar-refractivity contribution < 1.29 is 0 Å². The Kier molecular flexibility index (Phi) is 3.90. The highest BCUT2D eigenvalue weighted by molar-refractivity contribution is 5.91. The van der Waals surface area contributed by atoms with Crippen molar-refractivity contribution in [3.8, 4) is 0 Å². The predicted molar refractivity (Wildman–Crippen MR) is 86.1 cm³/mol. The van der Waals surface area contributed by atoms with Crippen LogP contribution in [0.5, 0.6) is 0 Å². The number of benzene rings is 1. The second kappa shape index (κ2) is 5.82. The fourth-order valence-corrected chi connectivity index (χ4v) is 3.24. The van der Waals surface area contributed by atoms with Gasteiger partial charge in [0.25, 0.3) is 0 Å². The van der Waals surface area contributed by atoms with Crippen molar-refractivity contribution in [2.24, 2.45) is 11.8 Å². The van der Waals surface area contributed by atoms with Crippen LogP contribution in [-0.2, 0) is 0 Å². The number of rotatable bonds is 3. The number of nitrogens with one attached hydrogen (secondary N) is 1. The monoisotopic (exact) mass is 268 g/mol. The number of pyridine rings is 1. The third kappa shape index (κ3) is 2.95. The van der Waals surface area contributed by atoms with E-state index in [1.807, 2.05) is 0 Å². The lowest BCUT2D eigenvalue weighted by Gasteiger charge is -2.26. The summed E-state index contributed by atoms with van der Waals surface area (Å²) in [6.45, 7) is 5.55. The van der Waals surface area contributed by atoms with Gasteiger partial charge in [-0.05, 0) is 43.7 Å². The minimum atomic E-state index is 0.832. The number of aryl methyl sites for hydroxylation is 1. The van der Waals surface area contributed by atoms with Crippen molar-refractivity contribution in [2.75, 3.05) is 11.9 Å². The van der Waals surface area contributed by atoms with Crippen LogP contribution in [0.1, 0.15) is 38.3 Å². The molecule has 2 aromatic rings. The van der Waals surface area contributed by atoms with Crippen LogP contribution in [0.25, 0.3) is 10.9 Å². The van der Waals surface area contributed by atoms with E-state index in [1.54, 1.807) is 0 Å². The fourth-order valence-electron chi connectivity index (χ4n) is 3.24. The molecule has 1 N–H and O–H groups in total. The van der Waals surface area contributed by atoms with E-state index in [1.165, 1.54) is 36.8 Å². The van der Waals surface area contributed by atoms with Gasteiger partial charge >= 0.3 is 0 Å². The molecule has 2 nitrogen and oxygen atoms in total. The van der Waals surface area contributed by atoms with Crippen LogP contribution in [-0.4, -0.2) is 11.5 Å². The van der Waals surface area contributed by atoms with Crippen LogP contribution in [0.3, 0.4) is 0 Å². The van der Waals surface area contributed by atoms with E-state index in [0.29, 0.717) is 0 Å². The van der Waals surface area contributed by atoms with E-state index in [9.17, 15) is 0 Å². The normalized spacial score (nSPS) is 22.9. The van der Waals surface area contributed by atoms with Crippen LogP contribution in [0, 0.1) is 18.8 Å². The molecule has 1 aliphatic carbocycles. The zero-order valence-corrected chi connectivity index (χ0v) is 12.5. The van der Waals surface area contributed by atoms with E-state index < -0.39 is 0 Å². The van der Waals surface area contributed by atoms with Crippen molar-refractivity contribution >= 4 is 16.6 Å². The van der Waals surface area contributed by atoms with E-state index >= 15 is 0 Å². The zero-order chi connectivity index (χ0) is 13.9. The average Bonchev–Trinajstić information content (AvgIpc) is 2.46. The second-order valence-corrected chi connectivity index (χ2v) is 6.34. The number of para-hydroxylation sites is 1. The molecule has 1 fully saturated rings. The topological polar surface area (TPSA) is 24.9 Å². The summed E-state index contributed by atoms with van der Waals surface area (Å²) in [5, 5.41) is 4.91. The average molecular weight is 268 g/mol. The standard InChI is InChI=1S/C18H24N2/c1-13-7-9-15(10-8-13)12-19-18-11-14(2)20-17-6-4-3-5-16(17)18/h3-6,11,13,15H,7-10,12H2,1-2H3,(H,19,20). The molecule has 2 heteroatoms. The first-order chi connectivity index (χ1) is 9.72. The zero-order valence-electron chi connectivity index (χ0n) is 12.5. The maximum absolute atomic E-state index is 4.60. The van der Waals surface area contributed by atoms with E-state index in [2.05, 4.69) is 54.5 Å². The van der Waals surface area contributed by atoms with Gasteiger partial charge in [-0.25, -0.2) is 0 Å². The van der Waals surface area contributed by atoms with Gasteiger partial charge in [0.2, 0.25) is 0 Å². The number of fused-ring (bicyclic) bond motifs is 1. The van der Waals surface area contributed by atoms with Gasteiger partial charge in [0.05, 0.1) is 5.52 Å². The molecule has 0 saturated heterocycles. The van der Waals surface area contributed by atoms with Gasteiger partial charge in [-0.1, -0.05) is 38.0 Å². The van der Waals surface area contributed by atoms with Crippen molar-refractivity contribution in [1.82, 2.24) is 4.98 Å². The summed E-state index contributed by atoms with van der Waals surface area (Å²) in [4.78, 5) is 4.60. The van der Waals surface area contributed by atoms with Gasteiger partial charge in [-0.3, -0.25) is 4.98 Å². The van der Waals surface area contributed by atoms with Crippen LogP contribution in [0.4, 0.5) is 5.69 Å². The molecule has 1 saturated carbocycles. The van der Waals surface area contributed by atoms with Gasteiger partial charge < -0.3 is 5.32 Å². The highest BCUT2D eigenvalue weighted by Crippen LogP contribution is 2.29. The first-order valence-electron chi connectivity index (χ1n) is 7.82. The fraction of sp³-hybridized carbons (Fsp3) is 0.500. The van der Waals surface area contributed by atoms with Gasteiger partial charge in [0.1, 0.15) is 0 Å². The Bertz CT molecular complexity index is 583. The summed E-state index contributed by atoms with van der Waals surface area (Å²) in [5.74, 6) is 1.76. The number of hydrogen-bond acceptors (Lipinski definition) is 2. The highest BCUT2D eigenvalue weighted by Gasteiger charge is 2.18. The Balaban J connectivity index is 1.74. The lowest BCUT2D eigenvalue weighted by molar-refractivity contribution is 0.300. The largest absolute Gasteiger partial charge is 0.384 e. The Morgan fingerprint density at radius 2 is 1.90 bits per heavy atom. The molecule has 0 aliphatic heterocycles. The molecule has 0 atom stereocenters. The maximum atomic E-state index is 4.60. The van der Waals surface area contributed by atoms with Gasteiger partial charge in [-0.2, -0.15) is 0 Å². The molecule has 20 heavy (non-hydrogen) atoms. The predicted octanol–water partition coefficient (Wildman–Crippen LogP) is 4.78. The lowest BCUT2D eigenvalue weighted by atomic mass is 9.83. The van der Waals surface area contributed by atoms with Gasteiger partial charge in [0, 0.05) is 23.3 Å². The first-order valence-corrected chi connectivity index (χ1v) is 7.82. The van der Waals surface area contributed by atoms with Gasteiger partial charge in [0.15, 0.2) is 0 Å². The minimum Gasteiger partial charge on any atom is -0.384 e. The summed E-state index contributed by atoms with van der Waals surface area (Å²) in [6, 6.07) is 10.6. The molecule has 1 aliphatic rings. The second-order valence-electron chi connectivity index (χ2n) is 6.34. The van der Waals surface area contributed by atoms with E-state index in [-0.39, 0.29) is 0 Å². The number of aromatic nitrogens is 1. The van der Waals surface area contributed by atoms with Gasteiger partial charge in [-0.15, -0.1) is 0 Å². The Morgan fingerprint density at radius 3 is 2.70 bits per heavy atom. The van der Waals surface area contributed by atoms with Crippen LogP contribution >= 0.6 is 0 Å². The molecule has 0 radical (unpaired) electrons. The maximum Gasteiger partial charge on any atom is 0.0725 e. The lowest BCUT2D eigenvalue weighted by Crippen LogP contribution is -2.20. The molecule has 1 aromatic carbocycles. The summed E-state index contributed by atoms with van der Waals surface area (Å²) < 4.78 is 0. The van der Waals surface area contributed by atoms with Crippen molar-refractivity contribution in [3.05, 3.63) is 36.0 Å². The Morgan fingerprint density at radius 1 is 1.15 bits per heavy atom. The smallest absolute Gasteiger partial charge is 0.0725 e. The SMILES string of the molecule is Cc1cc(NCC2CCC(C)CC2)c2ccccc2n1. The number of nitrogens with zero attached hydrogens (tertiary/aromatic N) is 1. The van der Waals surface area contributed by atoms with Crippen molar-refractivity contribution in [3.63, 3.8) is 0 Å². The summed E-state index contributed by atoms with van der Waals surface area (Å²) in [7, 11) is 0. The van der Waals surface area contributed by atoms with Crippen LogP contribution < -0.4 is 5.32 Å². The molecule has 0 unspecified atom stereocenters. The number of anilines is 1. The molecule has 1 aromatic heterocycles. The van der Waals surface area contributed by atoms with E-state index in [0.717, 1.165) is 29.6 Å². The van der Waals surface area contributed by atoms with E-state index in [4.69, 9.17) is 0 Å². The minimum absolute atomic E-state index is 0.832. The molecule has 3 rings (SSSR count). The summed E-state index contributed by atoms with van der Waals surface area (Å²) in [5.41, 5.74) is 3.42. The third-order valence-electron chi connectivity index (χ3n) is 4.56. The molecule has 0 spiro atoms. The molecule has 1 heterocycles. The quantitative estimate of drug-likeness (QED) is 0.866. The summed E-state index contributed by atoms with van der Waals surface area (Å²) in [6.07, 6.45) is 5.53. The molecule has 0 bridgehead atoms. The first kappa shape index (κ1) is 13.4. The van der Waals surface area contributed by atoms with Crippen LogP contribution in [0.2, 0.25) is 0 Å². The summed E-state index contributed by atoms with van der Waals surface area (Å²) >= 11 is 0. The number of hydrogen-bond donors (Lipinski definition) is 1.